The number of benzene rings is 1. The molecule has 0 spiro atoms. The number of carbonyl (C=O) groups is 1. The predicted molar refractivity (Wildman–Crippen MR) is 114 cm³/mol. The average molecular weight is 413 g/mol. The lowest BCUT2D eigenvalue weighted by molar-refractivity contribution is -0.134. The van der Waals surface area contributed by atoms with Gasteiger partial charge in [-0.3, -0.25) is 9.36 Å². The molecule has 1 aromatic rings. The lowest BCUT2D eigenvalue weighted by Gasteiger charge is -2.23. The molecule has 0 N–H and O–H groups in total. The summed E-state index contributed by atoms with van der Waals surface area (Å²) >= 11 is 0. The zero-order valence-electron chi connectivity index (χ0n) is 18.4. The largest absolute Gasteiger partial charge is 0.426 e. The topological polar surface area (TPSA) is 61.8 Å². The summed E-state index contributed by atoms with van der Waals surface area (Å²) in [5, 5.41) is 0. The number of esters is 1. The minimum Gasteiger partial charge on any atom is -0.426 e. The Morgan fingerprint density at radius 1 is 1.04 bits per heavy atom. The highest BCUT2D eigenvalue weighted by Crippen LogP contribution is 2.49. The standard InChI is InChI=1S/C22H37O5P/c1-7-9-14-25-28(24,26-15-10-8-2)16-13-21(23)27-20-12-11-18(3)17-19(20)22(4,5)6/h11-12,17H,7-10,13-16H2,1-6H3. The summed E-state index contributed by atoms with van der Waals surface area (Å²) in [6.07, 6.45) is 3.54. The Bertz CT molecular complexity index is 649. The molecule has 0 aliphatic carbocycles. The number of ether oxygens (including phenoxy) is 1. The van der Waals surface area contributed by atoms with Crippen LogP contribution in [0.15, 0.2) is 18.2 Å². The van der Waals surface area contributed by atoms with Crippen LogP contribution in [-0.2, 0) is 23.8 Å². The molecule has 1 aromatic carbocycles. The number of aryl methyl sites for hydroxylation is 1. The van der Waals surface area contributed by atoms with Gasteiger partial charge in [-0.2, -0.15) is 0 Å². The van der Waals surface area contributed by atoms with Gasteiger partial charge in [-0.1, -0.05) is 65.2 Å². The van der Waals surface area contributed by atoms with Crippen LogP contribution < -0.4 is 4.74 Å². The van der Waals surface area contributed by atoms with Gasteiger partial charge in [0.05, 0.1) is 25.8 Å². The van der Waals surface area contributed by atoms with Crippen molar-refractivity contribution in [3.63, 3.8) is 0 Å². The van der Waals surface area contributed by atoms with Crippen LogP contribution in [0.2, 0.25) is 0 Å². The monoisotopic (exact) mass is 412 g/mol. The van der Waals surface area contributed by atoms with Crippen molar-refractivity contribution < 1.29 is 23.1 Å². The summed E-state index contributed by atoms with van der Waals surface area (Å²) in [4.78, 5) is 12.4. The van der Waals surface area contributed by atoms with Gasteiger partial charge in [0.2, 0.25) is 0 Å². The van der Waals surface area contributed by atoms with Crippen LogP contribution in [0.1, 0.15) is 77.8 Å². The van der Waals surface area contributed by atoms with Crippen molar-refractivity contribution in [1.82, 2.24) is 0 Å². The van der Waals surface area contributed by atoms with Gasteiger partial charge in [-0.25, -0.2) is 0 Å². The first-order chi connectivity index (χ1) is 13.1. The quantitative estimate of drug-likeness (QED) is 0.172. The first-order valence-corrected chi connectivity index (χ1v) is 12.0. The first kappa shape index (κ1) is 24.9. The minimum atomic E-state index is -3.29. The Hall–Kier alpha value is -1.16. The first-order valence-electron chi connectivity index (χ1n) is 10.3. The second-order valence-corrected chi connectivity index (χ2v) is 10.4. The van der Waals surface area contributed by atoms with E-state index in [1.165, 1.54) is 0 Å². The van der Waals surface area contributed by atoms with Gasteiger partial charge in [0.25, 0.3) is 0 Å². The van der Waals surface area contributed by atoms with Crippen LogP contribution in [0.25, 0.3) is 0 Å². The molecule has 0 heterocycles. The van der Waals surface area contributed by atoms with Crippen molar-refractivity contribution >= 4 is 13.6 Å². The molecule has 0 aliphatic rings. The van der Waals surface area contributed by atoms with E-state index in [0.717, 1.165) is 36.8 Å². The van der Waals surface area contributed by atoms with E-state index in [-0.39, 0.29) is 18.0 Å². The molecule has 0 amide bonds. The summed E-state index contributed by atoms with van der Waals surface area (Å²) in [6, 6.07) is 5.78. The number of rotatable bonds is 12. The zero-order valence-corrected chi connectivity index (χ0v) is 19.3. The van der Waals surface area contributed by atoms with E-state index in [9.17, 15) is 9.36 Å². The number of carbonyl (C=O) groups excluding carboxylic acids is 1. The second kappa shape index (κ2) is 11.7. The van der Waals surface area contributed by atoms with E-state index in [1.54, 1.807) is 0 Å². The molecule has 0 fully saturated rings. The second-order valence-electron chi connectivity index (χ2n) is 8.18. The maximum atomic E-state index is 12.9. The third-order valence-electron chi connectivity index (χ3n) is 4.33. The van der Waals surface area contributed by atoms with Crippen LogP contribution >= 0.6 is 7.60 Å². The predicted octanol–water partition coefficient (Wildman–Crippen LogP) is 6.41. The van der Waals surface area contributed by atoms with Crippen molar-refractivity contribution in [2.24, 2.45) is 0 Å². The van der Waals surface area contributed by atoms with Gasteiger partial charge >= 0.3 is 13.6 Å². The van der Waals surface area contributed by atoms with Gasteiger partial charge < -0.3 is 13.8 Å². The lowest BCUT2D eigenvalue weighted by Crippen LogP contribution is -2.17. The van der Waals surface area contributed by atoms with E-state index >= 15 is 0 Å². The maximum Gasteiger partial charge on any atom is 0.331 e. The fraction of sp³-hybridized carbons (Fsp3) is 0.682. The molecule has 0 atom stereocenters. The van der Waals surface area contributed by atoms with Crippen molar-refractivity contribution in [2.45, 2.75) is 79.1 Å². The molecule has 0 saturated heterocycles. The molecule has 0 aromatic heterocycles. The summed E-state index contributed by atoms with van der Waals surface area (Å²) < 4.78 is 29.6. The van der Waals surface area contributed by atoms with Crippen LogP contribution in [0.4, 0.5) is 0 Å². The Balaban J connectivity index is 2.76. The number of unbranched alkanes of at least 4 members (excludes halogenated alkanes) is 2. The van der Waals surface area contributed by atoms with Gasteiger partial charge in [-0.15, -0.1) is 0 Å². The molecule has 5 nitrogen and oxygen atoms in total. The van der Waals surface area contributed by atoms with Crippen LogP contribution in [0.5, 0.6) is 5.75 Å². The normalized spacial score (nSPS) is 12.2. The van der Waals surface area contributed by atoms with E-state index in [0.29, 0.717) is 19.0 Å². The Kier molecular flexibility index (Phi) is 10.4. The van der Waals surface area contributed by atoms with Crippen molar-refractivity contribution in [3.05, 3.63) is 29.3 Å². The smallest absolute Gasteiger partial charge is 0.331 e. The van der Waals surface area contributed by atoms with Gasteiger partial charge in [0, 0.05) is 5.56 Å². The van der Waals surface area contributed by atoms with Crippen LogP contribution in [-0.4, -0.2) is 25.3 Å². The zero-order chi connectivity index (χ0) is 21.2. The Morgan fingerprint density at radius 2 is 1.61 bits per heavy atom. The molecular formula is C22H37O5P. The van der Waals surface area contributed by atoms with Gasteiger partial charge in [0.1, 0.15) is 5.75 Å². The Labute approximate surface area is 170 Å². The highest BCUT2D eigenvalue weighted by molar-refractivity contribution is 7.53. The van der Waals surface area contributed by atoms with E-state index in [1.807, 2.05) is 39.0 Å². The molecule has 0 unspecified atom stereocenters. The number of hydrogen-bond acceptors (Lipinski definition) is 5. The maximum absolute atomic E-state index is 12.9. The van der Waals surface area contributed by atoms with E-state index < -0.39 is 13.6 Å². The molecule has 0 aliphatic heterocycles. The van der Waals surface area contributed by atoms with Crippen molar-refractivity contribution in [2.75, 3.05) is 19.4 Å². The van der Waals surface area contributed by atoms with E-state index in [2.05, 4.69) is 20.8 Å². The molecule has 0 radical (unpaired) electrons. The third kappa shape index (κ3) is 8.89. The summed E-state index contributed by atoms with van der Waals surface area (Å²) in [5.74, 6) is 0.129. The van der Waals surface area contributed by atoms with E-state index in [4.69, 9.17) is 13.8 Å². The lowest BCUT2D eigenvalue weighted by atomic mass is 9.85. The molecule has 28 heavy (non-hydrogen) atoms. The summed E-state index contributed by atoms with van der Waals surface area (Å²) in [5.41, 5.74) is 1.94. The molecular weight excluding hydrogens is 375 g/mol. The Morgan fingerprint density at radius 3 is 2.11 bits per heavy atom. The van der Waals surface area contributed by atoms with Crippen molar-refractivity contribution in [3.8, 4) is 5.75 Å². The SMILES string of the molecule is CCCCOP(=O)(CCC(=O)Oc1ccc(C)cc1C(C)(C)C)OCCCC. The molecule has 1 rings (SSSR count). The highest BCUT2D eigenvalue weighted by Gasteiger charge is 2.27. The van der Waals surface area contributed by atoms with Crippen LogP contribution in [0, 0.1) is 6.92 Å². The summed E-state index contributed by atoms with van der Waals surface area (Å²) in [7, 11) is -3.29. The molecule has 0 bridgehead atoms. The third-order valence-corrected chi connectivity index (χ3v) is 6.25. The molecule has 160 valence electrons. The highest BCUT2D eigenvalue weighted by atomic mass is 31.2. The fourth-order valence-corrected chi connectivity index (χ4v) is 4.19. The van der Waals surface area contributed by atoms with Crippen molar-refractivity contribution in [1.29, 1.82) is 0 Å². The summed E-state index contributed by atoms with van der Waals surface area (Å²) in [6.45, 7) is 13.1. The molecule has 0 saturated carbocycles. The average Bonchev–Trinajstić information content (AvgIpc) is 2.61. The number of hydrogen-bond donors (Lipinski definition) is 0. The van der Waals surface area contributed by atoms with Crippen LogP contribution in [0.3, 0.4) is 0 Å². The fourth-order valence-electron chi connectivity index (χ4n) is 2.58. The van der Waals surface area contributed by atoms with Gasteiger partial charge in [-0.05, 0) is 31.2 Å². The van der Waals surface area contributed by atoms with Gasteiger partial charge in [0.15, 0.2) is 0 Å². The molecule has 6 heteroatoms. The minimum absolute atomic E-state index is 0.00696.